The summed E-state index contributed by atoms with van der Waals surface area (Å²) in [5.41, 5.74) is 1.80. The zero-order valence-corrected chi connectivity index (χ0v) is 18.8. The van der Waals surface area contributed by atoms with Gasteiger partial charge in [0.05, 0.1) is 13.2 Å². The molecule has 0 heterocycles. The van der Waals surface area contributed by atoms with Crippen LogP contribution in [0.2, 0.25) is 0 Å². The predicted molar refractivity (Wildman–Crippen MR) is 129 cm³/mol. The molecule has 0 spiro atoms. The zero-order valence-electron chi connectivity index (χ0n) is 18.8. The van der Waals surface area contributed by atoms with Crippen molar-refractivity contribution in [2.45, 2.75) is 25.9 Å². The van der Waals surface area contributed by atoms with Gasteiger partial charge in [-0.15, -0.1) is 0 Å². The Hall–Kier alpha value is -3.63. The van der Waals surface area contributed by atoms with E-state index in [-0.39, 0.29) is 11.2 Å². The molecule has 0 fully saturated rings. The molecule has 4 aromatic carbocycles. The molecular formula is C29H27FO3. The van der Waals surface area contributed by atoms with E-state index in [1.54, 1.807) is 24.3 Å². The van der Waals surface area contributed by atoms with Gasteiger partial charge in [-0.1, -0.05) is 68.4 Å². The van der Waals surface area contributed by atoms with Gasteiger partial charge in [0.15, 0.2) is 11.6 Å². The fraction of sp³-hybridized carbons (Fsp3) is 0.172. The molecule has 0 aliphatic rings. The fourth-order valence-electron chi connectivity index (χ4n) is 3.44. The molecule has 4 aromatic rings. The summed E-state index contributed by atoms with van der Waals surface area (Å²) in [6.07, 6.45) is 0. The molecule has 0 saturated carbocycles. The molecule has 0 N–H and O–H groups in total. The summed E-state index contributed by atoms with van der Waals surface area (Å²) in [4.78, 5) is 0. The second-order valence-electron chi connectivity index (χ2n) is 8.50. The minimum absolute atomic E-state index is 0.190. The quantitative estimate of drug-likeness (QED) is 0.264. The first kappa shape index (κ1) is 22.6. The van der Waals surface area contributed by atoms with E-state index < -0.39 is 5.82 Å². The predicted octanol–water partition coefficient (Wildman–Crippen LogP) is 7.90. The normalized spacial score (nSPS) is 11.2. The van der Waals surface area contributed by atoms with Crippen LogP contribution in [0.1, 0.15) is 25.0 Å². The van der Waals surface area contributed by atoms with Crippen molar-refractivity contribution in [3.63, 3.8) is 0 Å². The van der Waals surface area contributed by atoms with Gasteiger partial charge < -0.3 is 14.2 Å². The van der Waals surface area contributed by atoms with Crippen molar-refractivity contribution in [1.82, 2.24) is 0 Å². The first-order valence-electron chi connectivity index (χ1n) is 10.9. The second-order valence-corrected chi connectivity index (χ2v) is 8.50. The van der Waals surface area contributed by atoms with Crippen molar-refractivity contribution in [3.8, 4) is 23.0 Å². The molecule has 3 nitrogen and oxygen atoms in total. The van der Waals surface area contributed by atoms with Crippen molar-refractivity contribution < 1.29 is 18.6 Å². The van der Waals surface area contributed by atoms with Crippen molar-refractivity contribution in [2.75, 3.05) is 6.61 Å². The molecule has 0 bridgehead atoms. The molecule has 0 unspecified atom stereocenters. The van der Waals surface area contributed by atoms with E-state index in [4.69, 9.17) is 14.2 Å². The molecule has 33 heavy (non-hydrogen) atoms. The van der Waals surface area contributed by atoms with Crippen molar-refractivity contribution >= 4 is 0 Å². The summed E-state index contributed by atoms with van der Waals surface area (Å²) in [5.74, 6) is 1.98. The van der Waals surface area contributed by atoms with Gasteiger partial charge >= 0.3 is 0 Å². The zero-order chi connectivity index (χ0) is 23.1. The Morgan fingerprint density at radius 2 is 1.24 bits per heavy atom. The Morgan fingerprint density at radius 3 is 1.88 bits per heavy atom. The first-order valence-corrected chi connectivity index (χ1v) is 10.9. The molecule has 4 heteroatoms. The summed E-state index contributed by atoms with van der Waals surface area (Å²) in [6, 6.07) is 31.8. The van der Waals surface area contributed by atoms with Crippen LogP contribution in [-0.2, 0) is 16.8 Å². The van der Waals surface area contributed by atoms with E-state index in [1.165, 1.54) is 6.07 Å². The Balaban J connectivity index is 1.34. The average Bonchev–Trinajstić information content (AvgIpc) is 2.83. The number of hydrogen-bond donors (Lipinski definition) is 0. The minimum Gasteiger partial charge on any atom is -0.457 e. The van der Waals surface area contributed by atoms with Gasteiger partial charge in [0.2, 0.25) is 0 Å². The number of hydrogen-bond acceptors (Lipinski definition) is 3. The summed E-state index contributed by atoms with van der Waals surface area (Å²) in [6.45, 7) is 5.14. The monoisotopic (exact) mass is 442 g/mol. The summed E-state index contributed by atoms with van der Waals surface area (Å²) in [7, 11) is 0. The summed E-state index contributed by atoms with van der Waals surface area (Å²) >= 11 is 0. The topological polar surface area (TPSA) is 27.7 Å². The van der Waals surface area contributed by atoms with Crippen LogP contribution in [0, 0.1) is 5.82 Å². The van der Waals surface area contributed by atoms with Gasteiger partial charge in [0, 0.05) is 5.41 Å². The second kappa shape index (κ2) is 10.3. The van der Waals surface area contributed by atoms with E-state index in [1.807, 2.05) is 60.7 Å². The SMILES string of the molecule is CC(C)(COCc1ccc(F)c(Oc2ccccc2)c1)c1ccc(Oc2ccccc2)cc1. The van der Waals surface area contributed by atoms with Gasteiger partial charge in [-0.05, 0) is 59.7 Å². The molecule has 4 rings (SSSR count). The number of ether oxygens (including phenoxy) is 3. The highest BCUT2D eigenvalue weighted by Crippen LogP contribution is 2.29. The van der Waals surface area contributed by atoms with Crippen LogP contribution in [0.25, 0.3) is 0 Å². The smallest absolute Gasteiger partial charge is 0.165 e. The number of para-hydroxylation sites is 2. The van der Waals surface area contributed by atoms with Gasteiger partial charge in [-0.2, -0.15) is 0 Å². The Bertz CT molecular complexity index is 1160. The highest BCUT2D eigenvalue weighted by Gasteiger charge is 2.21. The third-order valence-electron chi connectivity index (χ3n) is 5.31. The lowest BCUT2D eigenvalue weighted by Gasteiger charge is -2.25. The van der Waals surface area contributed by atoms with E-state index >= 15 is 0 Å². The molecule has 0 aromatic heterocycles. The maximum atomic E-state index is 14.2. The Labute approximate surface area is 194 Å². The maximum absolute atomic E-state index is 14.2. The molecule has 0 atom stereocenters. The molecule has 0 amide bonds. The maximum Gasteiger partial charge on any atom is 0.165 e. The molecule has 0 saturated heterocycles. The molecule has 0 aliphatic carbocycles. The number of benzene rings is 4. The highest BCUT2D eigenvalue weighted by atomic mass is 19.1. The van der Waals surface area contributed by atoms with Crippen LogP contribution in [0.5, 0.6) is 23.0 Å². The molecular weight excluding hydrogens is 415 g/mol. The summed E-state index contributed by atoms with van der Waals surface area (Å²) < 4.78 is 31.7. The molecule has 0 radical (unpaired) electrons. The van der Waals surface area contributed by atoms with Crippen molar-refractivity contribution in [3.05, 3.63) is 120 Å². The molecule has 168 valence electrons. The highest BCUT2D eigenvalue weighted by molar-refractivity contribution is 5.36. The molecule has 0 aliphatic heterocycles. The van der Waals surface area contributed by atoms with Gasteiger partial charge in [0.25, 0.3) is 0 Å². The fourth-order valence-corrected chi connectivity index (χ4v) is 3.44. The lowest BCUT2D eigenvalue weighted by atomic mass is 9.85. The standard InChI is InChI=1S/C29H27FO3/c1-29(2,23-14-16-26(17-15-23)32-24-9-5-3-6-10-24)21-31-20-22-13-18-27(30)28(19-22)33-25-11-7-4-8-12-25/h3-19H,20-21H2,1-2H3. The first-order chi connectivity index (χ1) is 16.0. The van der Waals surface area contributed by atoms with E-state index in [9.17, 15) is 4.39 Å². The van der Waals surface area contributed by atoms with E-state index in [0.29, 0.717) is 19.0 Å². The number of rotatable bonds is 9. The van der Waals surface area contributed by atoms with Crippen molar-refractivity contribution in [2.24, 2.45) is 0 Å². The average molecular weight is 443 g/mol. The minimum atomic E-state index is -0.402. The largest absolute Gasteiger partial charge is 0.457 e. The van der Waals surface area contributed by atoms with Gasteiger partial charge in [-0.3, -0.25) is 0 Å². The van der Waals surface area contributed by atoms with E-state index in [0.717, 1.165) is 22.6 Å². The number of halogens is 1. The van der Waals surface area contributed by atoms with Crippen molar-refractivity contribution in [1.29, 1.82) is 0 Å². The van der Waals surface area contributed by atoms with Crippen LogP contribution >= 0.6 is 0 Å². The summed E-state index contributed by atoms with van der Waals surface area (Å²) in [5, 5.41) is 0. The van der Waals surface area contributed by atoms with Gasteiger partial charge in [0.1, 0.15) is 17.2 Å². The van der Waals surface area contributed by atoms with Crippen LogP contribution < -0.4 is 9.47 Å². The van der Waals surface area contributed by atoms with Gasteiger partial charge in [-0.25, -0.2) is 4.39 Å². The van der Waals surface area contributed by atoms with Crippen LogP contribution in [-0.4, -0.2) is 6.61 Å². The van der Waals surface area contributed by atoms with Crippen LogP contribution in [0.4, 0.5) is 4.39 Å². The van der Waals surface area contributed by atoms with Crippen LogP contribution in [0.3, 0.4) is 0 Å². The lowest BCUT2D eigenvalue weighted by molar-refractivity contribution is 0.0823. The Morgan fingerprint density at radius 1 is 0.667 bits per heavy atom. The third kappa shape index (κ3) is 6.21. The van der Waals surface area contributed by atoms with E-state index in [2.05, 4.69) is 26.0 Å². The third-order valence-corrected chi connectivity index (χ3v) is 5.31. The van der Waals surface area contributed by atoms with Crippen LogP contribution in [0.15, 0.2) is 103 Å². The Kier molecular flexibility index (Phi) is 7.06. The lowest BCUT2D eigenvalue weighted by Crippen LogP contribution is -2.24.